The van der Waals surface area contributed by atoms with Gasteiger partial charge in [0.1, 0.15) is 0 Å². The van der Waals surface area contributed by atoms with E-state index in [2.05, 4.69) is 4.98 Å². The number of nitrogens with zero attached hydrogens (tertiary/aromatic N) is 2. The van der Waals surface area contributed by atoms with Crippen LogP contribution in [0.2, 0.25) is 0 Å². The summed E-state index contributed by atoms with van der Waals surface area (Å²) in [5.41, 5.74) is 2.23. The van der Waals surface area contributed by atoms with Crippen LogP contribution in [0, 0.1) is 19.8 Å². The first-order valence-electron chi connectivity index (χ1n) is 6.34. The summed E-state index contributed by atoms with van der Waals surface area (Å²) in [4.78, 5) is 29.8. The van der Waals surface area contributed by atoms with E-state index < -0.39 is 0 Å². The fraction of sp³-hybridized carbons (Fsp3) is 0.500. The number of hydrogen-bond donors (Lipinski definition) is 0. The SMILES string of the molecule is COC(=O)C1CCN(C(=O)c2ccc(C)nc2C)C1. The fourth-order valence-electron chi connectivity index (χ4n) is 2.39. The number of rotatable bonds is 2. The Morgan fingerprint density at radius 1 is 1.37 bits per heavy atom. The molecule has 1 aromatic rings. The maximum absolute atomic E-state index is 12.4. The van der Waals surface area contributed by atoms with Gasteiger partial charge in [-0.25, -0.2) is 0 Å². The fourth-order valence-corrected chi connectivity index (χ4v) is 2.39. The quantitative estimate of drug-likeness (QED) is 0.754. The summed E-state index contributed by atoms with van der Waals surface area (Å²) in [5.74, 6) is -0.502. The molecule has 1 atom stereocenters. The summed E-state index contributed by atoms with van der Waals surface area (Å²) in [6.45, 7) is 4.74. The van der Waals surface area contributed by atoms with E-state index in [0.29, 0.717) is 25.1 Å². The van der Waals surface area contributed by atoms with Gasteiger partial charge in [0.2, 0.25) is 0 Å². The molecule has 5 heteroatoms. The summed E-state index contributed by atoms with van der Waals surface area (Å²) < 4.78 is 4.72. The van der Waals surface area contributed by atoms with E-state index >= 15 is 0 Å². The predicted octanol–water partition coefficient (Wildman–Crippen LogP) is 1.33. The molecule has 102 valence electrons. The predicted molar refractivity (Wildman–Crippen MR) is 69.7 cm³/mol. The zero-order valence-electron chi connectivity index (χ0n) is 11.5. The molecular formula is C14H18N2O3. The van der Waals surface area contributed by atoms with Crippen LogP contribution in [0.15, 0.2) is 12.1 Å². The van der Waals surface area contributed by atoms with E-state index in [-0.39, 0.29) is 17.8 Å². The van der Waals surface area contributed by atoms with E-state index in [4.69, 9.17) is 4.74 Å². The molecule has 1 aromatic heterocycles. The van der Waals surface area contributed by atoms with Gasteiger partial charge in [0, 0.05) is 18.8 Å². The summed E-state index contributed by atoms with van der Waals surface area (Å²) >= 11 is 0. The lowest BCUT2D eigenvalue weighted by molar-refractivity contribution is -0.144. The van der Waals surface area contributed by atoms with Crippen molar-refractivity contribution in [3.8, 4) is 0 Å². The molecular weight excluding hydrogens is 244 g/mol. The van der Waals surface area contributed by atoms with Gasteiger partial charge in [-0.3, -0.25) is 14.6 Å². The van der Waals surface area contributed by atoms with Gasteiger partial charge in [0.15, 0.2) is 0 Å². The van der Waals surface area contributed by atoms with Gasteiger partial charge in [-0.05, 0) is 32.4 Å². The summed E-state index contributed by atoms with van der Waals surface area (Å²) in [6.07, 6.45) is 0.663. The molecule has 19 heavy (non-hydrogen) atoms. The van der Waals surface area contributed by atoms with Crippen molar-refractivity contribution in [2.75, 3.05) is 20.2 Å². The number of carbonyl (C=O) groups is 2. The standard InChI is InChI=1S/C14H18N2O3/c1-9-4-5-12(10(2)15-9)13(17)16-7-6-11(8-16)14(18)19-3/h4-5,11H,6-8H2,1-3H3. The molecule has 0 spiro atoms. The van der Waals surface area contributed by atoms with Crippen LogP contribution in [-0.4, -0.2) is 42.0 Å². The highest BCUT2D eigenvalue weighted by atomic mass is 16.5. The first kappa shape index (κ1) is 13.5. The Bertz CT molecular complexity index is 513. The molecule has 5 nitrogen and oxygen atoms in total. The highest BCUT2D eigenvalue weighted by Crippen LogP contribution is 2.20. The number of methoxy groups -OCH3 is 1. The van der Waals surface area contributed by atoms with Crippen LogP contribution in [0.25, 0.3) is 0 Å². The molecule has 0 bridgehead atoms. The Morgan fingerprint density at radius 3 is 2.74 bits per heavy atom. The molecule has 1 aliphatic heterocycles. The van der Waals surface area contributed by atoms with Crippen LogP contribution in [0.4, 0.5) is 0 Å². The number of aromatic nitrogens is 1. The van der Waals surface area contributed by atoms with Crippen LogP contribution < -0.4 is 0 Å². The number of amides is 1. The van der Waals surface area contributed by atoms with Crippen LogP contribution in [0.3, 0.4) is 0 Å². The molecule has 2 rings (SSSR count). The number of ether oxygens (including phenoxy) is 1. The first-order chi connectivity index (χ1) is 9.02. The summed E-state index contributed by atoms with van der Waals surface area (Å²) in [7, 11) is 1.38. The highest BCUT2D eigenvalue weighted by molar-refractivity contribution is 5.95. The Labute approximate surface area is 112 Å². The van der Waals surface area contributed by atoms with Gasteiger partial charge in [-0.1, -0.05) is 0 Å². The number of esters is 1. The Kier molecular flexibility index (Phi) is 3.83. The lowest BCUT2D eigenvalue weighted by atomic mass is 10.1. The third-order valence-electron chi connectivity index (χ3n) is 3.47. The molecule has 0 radical (unpaired) electrons. The average Bonchev–Trinajstić information content (AvgIpc) is 2.86. The van der Waals surface area contributed by atoms with Crippen molar-refractivity contribution in [3.05, 3.63) is 29.1 Å². The van der Waals surface area contributed by atoms with E-state index in [9.17, 15) is 9.59 Å². The second-order valence-electron chi connectivity index (χ2n) is 4.85. The van der Waals surface area contributed by atoms with Crippen molar-refractivity contribution in [1.29, 1.82) is 0 Å². The highest BCUT2D eigenvalue weighted by Gasteiger charge is 2.32. The Morgan fingerprint density at radius 2 is 2.11 bits per heavy atom. The van der Waals surface area contributed by atoms with Crippen molar-refractivity contribution < 1.29 is 14.3 Å². The normalized spacial score (nSPS) is 18.5. The molecule has 1 fully saturated rings. The zero-order valence-corrected chi connectivity index (χ0v) is 11.5. The van der Waals surface area contributed by atoms with Crippen LogP contribution in [0.1, 0.15) is 28.2 Å². The molecule has 2 heterocycles. The third kappa shape index (κ3) is 2.75. The van der Waals surface area contributed by atoms with Crippen molar-refractivity contribution in [1.82, 2.24) is 9.88 Å². The first-order valence-corrected chi connectivity index (χ1v) is 6.34. The molecule has 1 saturated heterocycles. The molecule has 0 saturated carbocycles. The second kappa shape index (κ2) is 5.38. The van der Waals surface area contributed by atoms with Gasteiger partial charge in [-0.15, -0.1) is 0 Å². The Balaban J connectivity index is 2.11. The summed E-state index contributed by atoms with van der Waals surface area (Å²) in [6, 6.07) is 3.62. The molecule has 1 unspecified atom stereocenters. The number of likely N-dealkylation sites (tertiary alicyclic amines) is 1. The van der Waals surface area contributed by atoms with E-state index in [0.717, 1.165) is 11.4 Å². The van der Waals surface area contributed by atoms with Crippen LogP contribution in [-0.2, 0) is 9.53 Å². The minimum absolute atomic E-state index is 0.0589. The van der Waals surface area contributed by atoms with Crippen LogP contribution >= 0.6 is 0 Å². The lowest BCUT2D eigenvalue weighted by Crippen LogP contribution is -2.30. The molecule has 0 aromatic carbocycles. The number of carbonyl (C=O) groups excluding carboxylic acids is 2. The molecule has 1 aliphatic rings. The Hall–Kier alpha value is -1.91. The van der Waals surface area contributed by atoms with Crippen molar-refractivity contribution in [3.63, 3.8) is 0 Å². The maximum Gasteiger partial charge on any atom is 0.310 e. The van der Waals surface area contributed by atoms with Gasteiger partial charge in [0.05, 0.1) is 24.3 Å². The minimum Gasteiger partial charge on any atom is -0.469 e. The minimum atomic E-state index is -0.242. The van der Waals surface area contributed by atoms with Gasteiger partial charge in [-0.2, -0.15) is 0 Å². The van der Waals surface area contributed by atoms with Gasteiger partial charge < -0.3 is 9.64 Å². The second-order valence-corrected chi connectivity index (χ2v) is 4.85. The summed E-state index contributed by atoms with van der Waals surface area (Å²) in [5, 5.41) is 0. The van der Waals surface area contributed by atoms with Crippen molar-refractivity contribution >= 4 is 11.9 Å². The largest absolute Gasteiger partial charge is 0.469 e. The number of pyridine rings is 1. The molecule has 0 N–H and O–H groups in total. The number of hydrogen-bond acceptors (Lipinski definition) is 4. The van der Waals surface area contributed by atoms with E-state index in [1.165, 1.54) is 7.11 Å². The van der Waals surface area contributed by atoms with Crippen molar-refractivity contribution in [2.45, 2.75) is 20.3 Å². The van der Waals surface area contributed by atoms with Gasteiger partial charge >= 0.3 is 5.97 Å². The maximum atomic E-state index is 12.4. The molecule has 0 aliphatic carbocycles. The lowest BCUT2D eigenvalue weighted by Gasteiger charge is -2.17. The zero-order chi connectivity index (χ0) is 14.0. The number of aryl methyl sites for hydroxylation is 2. The topological polar surface area (TPSA) is 59.5 Å². The monoisotopic (exact) mass is 262 g/mol. The molecule has 1 amide bonds. The third-order valence-corrected chi connectivity index (χ3v) is 3.47. The van der Waals surface area contributed by atoms with E-state index in [1.807, 2.05) is 19.9 Å². The average molecular weight is 262 g/mol. The smallest absolute Gasteiger partial charge is 0.310 e. The van der Waals surface area contributed by atoms with Crippen LogP contribution in [0.5, 0.6) is 0 Å². The van der Waals surface area contributed by atoms with Crippen molar-refractivity contribution in [2.24, 2.45) is 5.92 Å². The van der Waals surface area contributed by atoms with E-state index in [1.54, 1.807) is 11.0 Å². The van der Waals surface area contributed by atoms with Gasteiger partial charge in [0.25, 0.3) is 5.91 Å².